The molecule has 1 atom stereocenters. The van der Waals surface area contributed by atoms with Crippen molar-refractivity contribution in [2.24, 2.45) is 0 Å². The van der Waals surface area contributed by atoms with Crippen LogP contribution < -0.4 is 5.32 Å². The van der Waals surface area contributed by atoms with Crippen LogP contribution in [0.2, 0.25) is 0 Å². The minimum Gasteiger partial charge on any atom is -0.507 e. The highest BCUT2D eigenvalue weighted by Crippen LogP contribution is 2.36. The smallest absolute Gasteiger partial charge is 0.416 e. The van der Waals surface area contributed by atoms with Crippen LogP contribution in [0.1, 0.15) is 44.9 Å². The molecule has 2 N–H and O–H groups in total. The molecular weight excluding hydrogens is 427 g/mol. The molecule has 1 aromatic heterocycles. The fourth-order valence-corrected chi connectivity index (χ4v) is 3.45. The van der Waals surface area contributed by atoms with E-state index in [1.807, 2.05) is 20.8 Å². The van der Waals surface area contributed by atoms with E-state index < -0.39 is 23.1 Å². The topological polar surface area (TPSA) is 100 Å². The lowest BCUT2D eigenvalue weighted by molar-refractivity contribution is -0.137. The average Bonchev–Trinajstić information content (AvgIpc) is 3.13. The summed E-state index contributed by atoms with van der Waals surface area (Å²) in [5.74, 6) is -0.340. The van der Waals surface area contributed by atoms with E-state index in [0.29, 0.717) is 24.8 Å². The summed E-state index contributed by atoms with van der Waals surface area (Å²) >= 11 is 0. The van der Waals surface area contributed by atoms with Gasteiger partial charge in [0.1, 0.15) is 17.0 Å². The quantitative estimate of drug-likeness (QED) is 0.708. The molecule has 2 aromatic rings. The molecule has 174 valence electrons. The number of aromatic hydroxyl groups is 1. The van der Waals surface area contributed by atoms with E-state index in [1.165, 1.54) is 0 Å². The number of carbonyl (C=O) groups excluding carboxylic acids is 1. The molecule has 0 bridgehead atoms. The first-order valence-corrected chi connectivity index (χ1v) is 10.2. The molecule has 0 aliphatic carbocycles. The first kappa shape index (κ1) is 23.6. The van der Waals surface area contributed by atoms with Gasteiger partial charge < -0.3 is 20.1 Å². The van der Waals surface area contributed by atoms with Crippen molar-refractivity contribution < 1.29 is 27.8 Å². The molecule has 0 saturated carbocycles. The minimum absolute atomic E-state index is 0.0904. The van der Waals surface area contributed by atoms with Crippen LogP contribution in [0.3, 0.4) is 0 Å². The highest BCUT2D eigenvalue weighted by atomic mass is 19.4. The van der Waals surface area contributed by atoms with E-state index in [2.05, 4.69) is 20.5 Å². The fourth-order valence-electron chi connectivity index (χ4n) is 3.45. The number of phenols is 1. The lowest BCUT2D eigenvalue weighted by Gasteiger charge is -2.28. The third-order valence-corrected chi connectivity index (χ3v) is 4.94. The van der Waals surface area contributed by atoms with Crippen molar-refractivity contribution >= 4 is 12.0 Å². The van der Waals surface area contributed by atoms with Crippen molar-refractivity contribution in [2.45, 2.75) is 58.4 Å². The number of anilines is 1. The van der Waals surface area contributed by atoms with Crippen LogP contribution in [-0.4, -0.2) is 56.0 Å². The zero-order valence-electron chi connectivity index (χ0n) is 18.3. The van der Waals surface area contributed by atoms with Crippen LogP contribution >= 0.6 is 0 Å². The number of hydrogen-bond acceptors (Lipinski definition) is 7. The molecule has 2 heterocycles. The van der Waals surface area contributed by atoms with E-state index in [0.717, 1.165) is 25.0 Å². The van der Waals surface area contributed by atoms with Crippen LogP contribution in [0.15, 0.2) is 18.2 Å². The van der Waals surface area contributed by atoms with Gasteiger partial charge in [0.2, 0.25) is 5.95 Å². The molecule has 1 saturated heterocycles. The van der Waals surface area contributed by atoms with Gasteiger partial charge in [-0.2, -0.15) is 13.2 Å². The largest absolute Gasteiger partial charge is 0.507 e. The average molecular weight is 453 g/mol. The second-order valence-electron chi connectivity index (χ2n) is 8.65. The molecule has 1 fully saturated rings. The highest BCUT2D eigenvalue weighted by Gasteiger charge is 2.33. The van der Waals surface area contributed by atoms with Gasteiger partial charge in [0.05, 0.1) is 17.3 Å². The number of nitrogens with zero attached hydrogens (tertiary/aromatic N) is 4. The first-order chi connectivity index (χ1) is 14.8. The number of rotatable bonds is 4. The van der Waals surface area contributed by atoms with Crippen LogP contribution in [0.25, 0.3) is 11.3 Å². The number of nitrogens with one attached hydrogen (secondary N) is 1. The Labute approximate surface area is 183 Å². The minimum atomic E-state index is -4.56. The SMILES string of the molecule is Cc1nc(NC[C@@H]2CCCN2C(=O)OC(C)(C)C)nnc1-c1ccc(C(F)(F)F)cc1O. The van der Waals surface area contributed by atoms with Gasteiger partial charge in [-0.15, -0.1) is 10.2 Å². The summed E-state index contributed by atoms with van der Waals surface area (Å²) in [6.45, 7) is 8.05. The van der Waals surface area contributed by atoms with Gasteiger partial charge in [-0.25, -0.2) is 9.78 Å². The molecule has 0 unspecified atom stereocenters. The Morgan fingerprint density at radius 2 is 2.00 bits per heavy atom. The van der Waals surface area contributed by atoms with Gasteiger partial charge in [0.25, 0.3) is 0 Å². The molecule has 1 amide bonds. The number of aryl methyl sites for hydroxylation is 1. The van der Waals surface area contributed by atoms with Crippen LogP contribution in [0.5, 0.6) is 5.75 Å². The maximum Gasteiger partial charge on any atom is 0.416 e. The van der Waals surface area contributed by atoms with Gasteiger partial charge in [0.15, 0.2) is 0 Å². The van der Waals surface area contributed by atoms with Crippen LogP contribution in [0, 0.1) is 6.92 Å². The van der Waals surface area contributed by atoms with Crippen LogP contribution in [0.4, 0.5) is 23.9 Å². The van der Waals surface area contributed by atoms with Crippen molar-refractivity contribution in [1.82, 2.24) is 20.1 Å². The molecule has 3 rings (SSSR count). The second-order valence-corrected chi connectivity index (χ2v) is 8.65. The van der Waals surface area contributed by atoms with Gasteiger partial charge in [0, 0.05) is 18.7 Å². The lowest BCUT2D eigenvalue weighted by Crippen LogP contribution is -2.42. The third-order valence-electron chi connectivity index (χ3n) is 4.94. The van der Waals surface area contributed by atoms with E-state index in [9.17, 15) is 23.1 Å². The molecule has 1 aliphatic heterocycles. The standard InChI is InChI=1S/C21H26F3N5O3/c1-12-17(15-8-7-13(10-16(15)30)21(22,23)24)27-28-18(26-12)25-11-14-6-5-9-29(14)19(31)32-20(2,3)4/h7-8,10,14,30H,5-6,9,11H2,1-4H3,(H,25,26,28)/t14-/m0/s1. The number of ether oxygens (including phenoxy) is 1. The number of aromatic nitrogens is 3. The van der Waals surface area contributed by atoms with E-state index in [1.54, 1.807) is 11.8 Å². The fraction of sp³-hybridized carbons (Fsp3) is 0.524. The summed E-state index contributed by atoms with van der Waals surface area (Å²) in [7, 11) is 0. The van der Waals surface area contributed by atoms with Gasteiger partial charge in [-0.05, 0) is 58.7 Å². The predicted molar refractivity (Wildman–Crippen MR) is 111 cm³/mol. The zero-order chi connectivity index (χ0) is 23.7. The summed E-state index contributed by atoms with van der Waals surface area (Å²) in [5, 5.41) is 21.1. The maximum atomic E-state index is 12.8. The number of hydrogen-bond donors (Lipinski definition) is 2. The second kappa shape index (κ2) is 8.79. The Kier molecular flexibility index (Phi) is 6.47. The number of halogens is 3. The number of amides is 1. The monoisotopic (exact) mass is 453 g/mol. The summed E-state index contributed by atoms with van der Waals surface area (Å²) in [5.41, 5.74) is -0.872. The van der Waals surface area contributed by atoms with Gasteiger partial charge in [-0.3, -0.25) is 0 Å². The number of carbonyl (C=O) groups is 1. The van der Waals surface area contributed by atoms with Crippen molar-refractivity contribution in [3.05, 3.63) is 29.5 Å². The summed E-state index contributed by atoms with van der Waals surface area (Å²) < 4.78 is 43.9. The summed E-state index contributed by atoms with van der Waals surface area (Å²) in [6, 6.07) is 2.57. The van der Waals surface area contributed by atoms with E-state index >= 15 is 0 Å². The summed E-state index contributed by atoms with van der Waals surface area (Å²) in [4.78, 5) is 18.4. The van der Waals surface area contributed by atoms with Gasteiger partial charge in [-0.1, -0.05) is 0 Å². The Balaban J connectivity index is 1.69. The van der Waals surface area contributed by atoms with Crippen molar-refractivity contribution in [2.75, 3.05) is 18.4 Å². The lowest BCUT2D eigenvalue weighted by atomic mass is 10.1. The molecule has 11 heteroatoms. The molecule has 0 radical (unpaired) electrons. The number of benzene rings is 1. The third kappa shape index (κ3) is 5.57. The normalized spacial score (nSPS) is 16.8. The molecule has 32 heavy (non-hydrogen) atoms. The number of alkyl halides is 3. The van der Waals surface area contributed by atoms with Crippen LogP contribution in [-0.2, 0) is 10.9 Å². The van der Waals surface area contributed by atoms with Gasteiger partial charge >= 0.3 is 12.3 Å². The van der Waals surface area contributed by atoms with E-state index in [-0.39, 0.29) is 29.3 Å². The van der Waals surface area contributed by atoms with Crippen molar-refractivity contribution in [1.29, 1.82) is 0 Å². The molecule has 8 nitrogen and oxygen atoms in total. The Bertz CT molecular complexity index is 992. The number of phenolic OH excluding ortho intramolecular Hbond substituents is 1. The molecule has 0 spiro atoms. The first-order valence-electron chi connectivity index (χ1n) is 10.2. The van der Waals surface area contributed by atoms with Crippen molar-refractivity contribution in [3.8, 4) is 17.0 Å². The molecule has 1 aliphatic rings. The van der Waals surface area contributed by atoms with E-state index in [4.69, 9.17) is 4.74 Å². The highest BCUT2D eigenvalue weighted by molar-refractivity contribution is 5.70. The number of likely N-dealkylation sites (tertiary alicyclic amines) is 1. The zero-order valence-corrected chi connectivity index (χ0v) is 18.3. The predicted octanol–water partition coefficient (Wildman–Crippen LogP) is 4.38. The molecular formula is C21H26F3N5O3. The Morgan fingerprint density at radius 1 is 1.28 bits per heavy atom. The van der Waals surface area contributed by atoms with Crippen molar-refractivity contribution in [3.63, 3.8) is 0 Å². The summed E-state index contributed by atoms with van der Waals surface area (Å²) in [6.07, 6.45) is -3.27. The Hall–Kier alpha value is -3.11. The Morgan fingerprint density at radius 3 is 2.59 bits per heavy atom. The maximum absolute atomic E-state index is 12.8. The molecule has 1 aromatic carbocycles.